The van der Waals surface area contributed by atoms with Gasteiger partial charge < -0.3 is 19.7 Å². The van der Waals surface area contributed by atoms with E-state index in [9.17, 15) is 13.6 Å². The summed E-state index contributed by atoms with van der Waals surface area (Å²) >= 11 is 2.89. The summed E-state index contributed by atoms with van der Waals surface area (Å²) in [5, 5.41) is 15.7. The topological polar surface area (TPSA) is 106 Å². The minimum absolute atomic E-state index is 0.0710. The highest BCUT2D eigenvalue weighted by atomic mass is 32.1. The molecule has 8 rings (SSSR count). The van der Waals surface area contributed by atoms with Crippen molar-refractivity contribution >= 4 is 55.6 Å². The first-order chi connectivity index (χ1) is 25.2. The van der Waals surface area contributed by atoms with E-state index in [2.05, 4.69) is 42.2 Å². The number of fused-ring (bicyclic) bond motifs is 3. The SMILES string of the molecule is COC(=O)c1csc(CC(COc2ccc(C#CCN3C[C@@H]4[C@H](C3)C4(F)F)cc2F)N2CCCc3c2nnc(Nc2nc4ccccc4s2)c3C)n1. The Morgan fingerprint density at radius 2 is 1.98 bits per heavy atom. The lowest BCUT2D eigenvalue weighted by molar-refractivity contribution is 0.0559. The Labute approximate surface area is 306 Å². The van der Waals surface area contributed by atoms with E-state index >= 15 is 4.39 Å². The minimum Gasteiger partial charge on any atom is -0.488 e. The van der Waals surface area contributed by atoms with E-state index in [0.29, 0.717) is 49.0 Å². The molecule has 0 bridgehead atoms. The van der Waals surface area contributed by atoms with Crippen LogP contribution < -0.4 is 15.0 Å². The molecule has 2 aromatic carbocycles. The lowest BCUT2D eigenvalue weighted by Gasteiger charge is -2.36. The Morgan fingerprint density at radius 1 is 1.15 bits per heavy atom. The molecule has 1 N–H and O–H groups in total. The van der Waals surface area contributed by atoms with Crippen LogP contribution in [-0.2, 0) is 17.6 Å². The number of nitrogens with one attached hydrogen (secondary N) is 1. The maximum Gasteiger partial charge on any atom is 0.357 e. The van der Waals surface area contributed by atoms with Gasteiger partial charge in [-0.2, -0.15) is 0 Å². The summed E-state index contributed by atoms with van der Waals surface area (Å²) in [7, 11) is 1.31. The number of ether oxygens (including phenoxy) is 2. The molecule has 2 aliphatic heterocycles. The van der Waals surface area contributed by atoms with Gasteiger partial charge in [0.2, 0.25) is 0 Å². The molecule has 15 heteroatoms. The van der Waals surface area contributed by atoms with E-state index in [0.717, 1.165) is 45.1 Å². The first kappa shape index (κ1) is 34.3. The highest BCUT2D eigenvalue weighted by Crippen LogP contribution is 2.59. The normalized spacial score (nSPS) is 19.4. The maximum absolute atomic E-state index is 15.4. The molecule has 1 aliphatic carbocycles. The number of esters is 1. The van der Waals surface area contributed by atoms with Gasteiger partial charge >= 0.3 is 5.97 Å². The Morgan fingerprint density at radius 3 is 2.77 bits per heavy atom. The Kier molecular flexibility index (Phi) is 9.23. The summed E-state index contributed by atoms with van der Waals surface area (Å²) in [6.45, 7) is 3.83. The third-order valence-electron chi connectivity index (χ3n) is 9.91. The van der Waals surface area contributed by atoms with Crippen molar-refractivity contribution in [2.75, 3.05) is 50.1 Å². The number of piperidine rings is 1. The third kappa shape index (κ3) is 6.78. The number of para-hydroxylation sites is 1. The van der Waals surface area contributed by atoms with Crippen LogP contribution in [0.4, 0.5) is 29.9 Å². The van der Waals surface area contributed by atoms with E-state index in [1.807, 2.05) is 36.1 Å². The summed E-state index contributed by atoms with van der Waals surface area (Å²) in [6.07, 6.45) is 2.06. The molecule has 3 atom stereocenters. The molecular formula is C37H34F3N7O3S2. The molecule has 1 unspecified atom stereocenters. The number of hydrogen-bond donors (Lipinski definition) is 1. The fraction of sp³-hybridized carbons (Fsp3) is 0.378. The van der Waals surface area contributed by atoms with E-state index in [4.69, 9.17) is 9.47 Å². The van der Waals surface area contributed by atoms with Crippen molar-refractivity contribution in [3.63, 3.8) is 0 Å². The van der Waals surface area contributed by atoms with Crippen molar-refractivity contribution in [1.82, 2.24) is 25.1 Å². The average Bonchev–Trinajstić information content (AvgIpc) is 3.72. The van der Waals surface area contributed by atoms with Crippen LogP contribution in [0.15, 0.2) is 47.8 Å². The van der Waals surface area contributed by atoms with Gasteiger partial charge in [-0.3, -0.25) is 4.90 Å². The standard InChI is InChI=1S/C37H34F3N7O3S2/c1-21-24-8-6-14-47(34(24)45-44-33(21)43-36-42-28-9-3-4-10-31(28)52-36)23(16-32-41-29(20-51-32)35(48)49-2)19-50-30-12-11-22(15-27(30)38)7-5-13-46-17-25-26(18-46)37(25,39)40/h3-4,9-12,15,20,23,25-26H,6,8,13-14,16-19H2,1-2H3,(H,42,43,44)/t23?,25-,26+. The number of hydrogen-bond acceptors (Lipinski definition) is 12. The van der Waals surface area contributed by atoms with Crippen molar-refractivity contribution in [2.45, 2.75) is 38.2 Å². The van der Waals surface area contributed by atoms with Crippen LogP contribution in [0.1, 0.15) is 38.6 Å². The molecule has 3 aliphatic rings. The van der Waals surface area contributed by atoms with Crippen molar-refractivity contribution in [3.8, 4) is 17.6 Å². The second-order valence-electron chi connectivity index (χ2n) is 13.2. The number of aromatic nitrogens is 4. The molecule has 5 heterocycles. The van der Waals surface area contributed by atoms with Crippen molar-refractivity contribution in [1.29, 1.82) is 0 Å². The number of thiazole rings is 2. The first-order valence-corrected chi connectivity index (χ1v) is 18.7. The zero-order chi connectivity index (χ0) is 36.0. The van der Waals surface area contributed by atoms with Gasteiger partial charge in [0.25, 0.3) is 5.92 Å². The number of likely N-dealkylation sites (tertiary alicyclic amines) is 1. The number of benzene rings is 2. The number of carbonyl (C=O) groups is 1. The monoisotopic (exact) mass is 745 g/mol. The van der Waals surface area contributed by atoms with Crippen LogP contribution in [0.3, 0.4) is 0 Å². The van der Waals surface area contributed by atoms with Crippen LogP contribution >= 0.6 is 22.7 Å². The van der Waals surface area contributed by atoms with Crippen LogP contribution in [-0.4, -0.2) is 82.9 Å². The van der Waals surface area contributed by atoms with Gasteiger partial charge in [0, 0.05) is 60.0 Å². The molecular weight excluding hydrogens is 712 g/mol. The molecule has 1 saturated carbocycles. The van der Waals surface area contributed by atoms with Gasteiger partial charge in [-0.05, 0) is 50.1 Å². The molecule has 0 radical (unpaired) electrons. The smallest absolute Gasteiger partial charge is 0.357 e. The molecule has 268 valence electrons. The summed E-state index contributed by atoms with van der Waals surface area (Å²) in [6, 6.07) is 12.2. The number of rotatable bonds is 10. The molecule has 3 aromatic heterocycles. The van der Waals surface area contributed by atoms with E-state index < -0.39 is 29.5 Å². The molecule has 10 nitrogen and oxygen atoms in total. The van der Waals surface area contributed by atoms with Gasteiger partial charge in [-0.15, -0.1) is 21.5 Å². The van der Waals surface area contributed by atoms with Crippen molar-refractivity contribution in [3.05, 3.63) is 81.1 Å². The Hall–Kier alpha value is -4.78. The van der Waals surface area contributed by atoms with E-state index in [-0.39, 0.29) is 24.1 Å². The van der Waals surface area contributed by atoms with E-state index in [1.165, 1.54) is 24.5 Å². The first-order valence-electron chi connectivity index (χ1n) is 17.0. The molecule has 0 amide bonds. The predicted octanol–water partition coefficient (Wildman–Crippen LogP) is 6.51. The fourth-order valence-electron chi connectivity index (χ4n) is 7.02. The highest BCUT2D eigenvalue weighted by Gasteiger charge is 2.71. The summed E-state index contributed by atoms with van der Waals surface area (Å²) in [5.74, 6) is 2.64. The lowest BCUT2D eigenvalue weighted by atomic mass is 9.99. The number of methoxy groups -OCH3 is 1. The second kappa shape index (κ2) is 14.0. The number of alkyl halides is 2. The molecule has 0 spiro atoms. The Balaban J connectivity index is 0.997. The zero-order valence-electron chi connectivity index (χ0n) is 28.4. The van der Waals surface area contributed by atoms with Gasteiger partial charge in [0.15, 0.2) is 34.0 Å². The lowest BCUT2D eigenvalue weighted by Crippen LogP contribution is -2.45. The quantitative estimate of drug-likeness (QED) is 0.126. The van der Waals surface area contributed by atoms with Crippen LogP contribution in [0.2, 0.25) is 0 Å². The minimum atomic E-state index is -2.53. The fourth-order valence-corrected chi connectivity index (χ4v) is 8.72. The molecule has 52 heavy (non-hydrogen) atoms. The molecule has 2 fully saturated rings. The largest absolute Gasteiger partial charge is 0.488 e. The van der Waals surface area contributed by atoms with Crippen LogP contribution in [0.5, 0.6) is 5.75 Å². The number of nitrogens with zero attached hydrogens (tertiary/aromatic N) is 6. The number of halogens is 3. The predicted molar refractivity (Wildman–Crippen MR) is 193 cm³/mol. The summed E-state index contributed by atoms with van der Waals surface area (Å²) in [4.78, 5) is 25.4. The Bertz CT molecular complexity index is 2170. The van der Waals surface area contributed by atoms with Crippen molar-refractivity contribution < 1.29 is 27.4 Å². The van der Waals surface area contributed by atoms with Gasteiger partial charge in [0.1, 0.15) is 6.61 Å². The third-order valence-corrected chi connectivity index (χ3v) is 11.7. The summed E-state index contributed by atoms with van der Waals surface area (Å²) in [5.41, 5.74) is 3.63. The zero-order valence-corrected chi connectivity index (χ0v) is 30.0. The van der Waals surface area contributed by atoms with Crippen LogP contribution in [0.25, 0.3) is 10.2 Å². The van der Waals surface area contributed by atoms with Gasteiger partial charge in [0.05, 0.1) is 34.9 Å². The second-order valence-corrected chi connectivity index (χ2v) is 15.2. The molecule has 1 saturated heterocycles. The van der Waals surface area contributed by atoms with E-state index in [1.54, 1.807) is 28.8 Å². The van der Waals surface area contributed by atoms with Crippen LogP contribution in [0, 0.1) is 36.4 Å². The summed E-state index contributed by atoms with van der Waals surface area (Å²) < 4.78 is 54.4. The van der Waals surface area contributed by atoms with Gasteiger partial charge in [-0.1, -0.05) is 35.3 Å². The highest BCUT2D eigenvalue weighted by molar-refractivity contribution is 7.22. The number of carbonyl (C=O) groups excluding carboxylic acids is 1. The molecule has 5 aromatic rings. The maximum atomic E-state index is 15.4. The van der Waals surface area contributed by atoms with Gasteiger partial charge in [-0.25, -0.2) is 27.9 Å². The number of anilines is 3. The average molecular weight is 746 g/mol. The van der Waals surface area contributed by atoms with Crippen molar-refractivity contribution in [2.24, 2.45) is 11.8 Å².